The molecule has 0 aromatic heterocycles. The number of benzene rings is 2. The number of imide groups is 1. The molecule has 2 N–H and O–H groups in total. The lowest BCUT2D eigenvalue weighted by atomic mass is 9.92. The molecule has 1 unspecified atom stereocenters. The van der Waals surface area contributed by atoms with Crippen molar-refractivity contribution in [2.45, 2.75) is 48.9 Å². The van der Waals surface area contributed by atoms with Gasteiger partial charge in [0.25, 0.3) is 5.91 Å². The van der Waals surface area contributed by atoms with E-state index in [-0.39, 0.29) is 12.5 Å². The fourth-order valence-electron chi connectivity index (χ4n) is 3.26. The van der Waals surface area contributed by atoms with Gasteiger partial charge in [-0.3, -0.25) is 14.5 Å². The third-order valence-electron chi connectivity index (χ3n) is 5.07. The maximum atomic E-state index is 12.8. The molecule has 1 aliphatic heterocycles. The number of amides is 4. The van der Waals surface area contributed by atoms with Gasteiger partial charge in [0.2, 0.25) is 5.91 Å². The van der Waals surface area contributed by atoms with E-state index in [9.17, 15) is 14.4 Å². The molecular formula is C23H26ClN3O3S. The van der Waals surface area contributed by atoms with E-state index >= 15 is 0 Å². The van der Waals surface area contributed by atoms with E-state index in [0.29, 0.717) is 23.0 Å². The summed E-state index contributed by atoms with van der Waals surface area (Å²) in [6, 6.07) is 14.3. The van der Waals surface area contributed by atoms with Crippen molar-refractivity contribution in [2.75, 3.05) is 11.9 Å². The van der Waals surface area contributed by atoms with Gasteiger partial charge < -0.3 is 10.6 Å². The zero-order chi connectivity index (χ0) is 22.6. The number of nitrogens with one attached hydrogen (secondary N) is 2. The predicted octanol–water partition coefficient (Wildman–Crippen LogP) is 5.18. The normalized spacial score (nSPS) is 18.4. The van der Waals surface area contributed by atoms with E-state index in [4.69, 9.17) is 11.6 Å². The Hall–Kier alpha value is -2.51. The van der Waals surface area contributed by atoms with Gasteiger partial charge in [-0.15, -0.1) is 0 Å². The highest BCUT2D eigenvalue weighted by molar-refractivity contribution is 7.99. The van der Waals surface area contributed by atoms with Gasteiger partial charge in [0.15, 0.2) is 0 Å². The van der Waals surface area contributed by atoms with Crippen molar-refractivity contribution in [1.29, 1.82) is 0 Å². The third kappa shape index (κ3) is 5.80. The maximum absolute atomic E-state index is 12.8. The van der Waals surface area contributed by atoms with E-state index in [1.807, 2.05) is 30.3 Å². The smallest absolute Gasteiger partial charge is 0.323 e. The summed E-state index contributed by atoms with van der Waals surface area (Å²) in [5, 5.41) is 6.23. The van der Waals surface area contributed by atoms with Crippen molar-refractivity contribution in [2.24, 2.45) is 5.92 Å². The Balaban J connectivity index is 1.66. The molecule has 0 saturated carbocycles. The molecule has 0 radical (unpaired) electrons. The highest BCUT2D eigenvalue weighted by atomic mass is 35.5. The number of para-hydroxylation sites is 1. The van der Waals surface area contributed by atoms with Gasteiger partial charge in [-0.1, -0.05) is 49.3 Å². The number of urea groups is 1. The van der Waals surface area contributed by atoms with Crippen molar-refractivity contribution in [3.05, 3.63) is 53.6 Å². The molecule has 0 bridgehead atoms. The Kier molecular flexibility index (Phi) is 7.28. The molecule has 0 aliphatic carbocycles. The topological polar surface area (TPSA) is 78.5 Å². The zero-order valence-electron chi connectivity index (χ0n) is 17.8. The molecule has 2 aromatic rings. The Morgan fingerprint density at radius 2 is 1.84 bits per heavy atom. The number of hydrogen-bond donors (Lipinski definition) is 2. The summed E-state index contributed by atoms with van der Waals surface area (Å²) in [7, 11) is 0. The lowest BCUT2D eigenvalue weighted by Crippen LogP contribution is -2.44. The van der Waals surface area contributed by atoms with Gasteiger partial charge in [0.1, 0.15) is 12.1 Å². The molecule has 4 amide bonds. The highest BCUT2D eigenvalue weighted by Gasteiger charge is 2.47. The Bertz CT molecular complexity index is 980. The largest absolute Gasteiger partial charge is 0.325 e. The summed E-state index contributed by atoms with van der Waals surface area (Å²) in [6.07, 6.45) is 1.34. The van der Waals surface area contributed by atoms with Crippen LogP contribution in [0.25, 0.3) is 0 Å². The van der Waals surface area contributed by atoms with Crippen LogP contribution in [0, 0.1) is 5.92 Å². The second-order valence-corrected chi connectivity index (χ2v) is 9.74. The van der Waals surface area contributed by atoms with Crippen molar-refractivity contribution in [3.8, 4) is 0 Å². The average molecular weight is 460 g/mol. The van der Waals surface area contributed by atoms with Crippen LogP contribution in [0.2, 0.25) is 5.02 Å². The molecule has 3 rings (SSSR count). The summed E-state index contributed by atoms with van der Waals surface area (Å²) in [5.41, 5.74) is -0.355. The van der Waals surface area contributed by atoms with E-state index in [1.54, 1.807) is 25.1 Å². The summed E-state index contributed by atoms with van der Waals surface area (Å²) >= 11 is 7.43. The van der Waals surface area contributed by atoms with E-state index < -0.39 is 17.5 Å². The second-order valence-electron chi connectivity index (χ2n) is 8.19. The minimum absolute atomic E-state index is 0.331. The van der Waals surface area contributed by atoms with Crippen LogP contribution in [-0.4, -0.2) is 34.8 Å². The van der Waals surface area contributed by atoms with Crippen molar-refractivity contribution in [1.82, 2.24) is 10.2 Å². The van der Waals surface area contributed by atoms with E-state index in [0.717, 1.165) is 21.1 Å². The quantitative estimate of drug-likeness (QED) is 0.533. The number of nitrogens with zero attached hydrogens (tertiary/aromatic N) is 1. The SMILES string of the molecule is CC(C)CCC1(C)NC(=O)N(CC(=O)Nc2ccccc2Sc2ccc(Cl)cc2)C1=O. The van der Waals surface area contributed by atoms with Crippen molar-refractivity contribution < 1.29 is 14.4 Å². The van der Waals surface area contributed by atoms with E-state index in [2.05, 4.69) is 24.5 Å². The minimum atomic E-state index is -0.968. The predicted molar refractivity (Wildman–Crippen MR) is 123 cm³/mol. The molecule has 1 atom stereocenters. The number of rotatable bonds is 8. The van der Waals surface area contributed by atoms with Crippen LogP contribution in [0.3, 0.4) is 0 Å². The lowest BCUT2D eigenvalue weighted by Gasteiger charge is -2.22. The van der Waals surface area contributed by atoms with Gasteiger partial charge in [0, 0.05) is 14.8 Å². The summed E-state index contributed by atoms with van der Waals surface area (Å²) < 4.78 is 0. The summed E-state index contributed by atoms with van der Waals surface area (Å²) in [5.74, 6) is -0.383. The number of anilines is 1. The average Bonchev–Trinajstić information content (AvgIpc) is 2.93. The maximum Gasteiger partial charge on any atom is 0.325 e. The van der Waals surface area contributed by atoms with Gasteiger partial charge in [0.05, 0.1) is 5.69 Å². The highest BCUT2D eigenvalue weighted by Crippen LogP contribution is 2.34. The third-order valence-corrected chi connectivity index (χ3v) is 6.41. The molecule has 31 heavy (non-hydrogen) atoms. The van der Waals surface area contributed by atoms with Crippen LogP contribution in [0.15, 0.2) is 58.3 Å². The monoisotopic (exact) mass is 459 g/mol. The van der Waals surface area contributed by atoms with Crippen molar-refractivity contribution >= 4 is 46.9 Å². The number of hydrogen-bond acceptors (Lipinski definition) is 4. The fourth-order valence-corrected chi connectivity index (χ4v) is 4.29. The fraction of sp³-hybridized carbons (Fsp3) is 0.348. The molecule has 164 valence electrons. The first kappa shape index (κ1) is 23.2. The Labute approximate surface area is 191 Å². The van der Waals surface area contributed by atoms with Crippen LogP contribution >= 0.6 is 23.4 Å². The Morgan fingerprint density at radius 1 is 1.16 bits per heavy atom. The first-order valence-electron chi connectivity index (χ1n) is 10.1. The van der Waals surface area contributed by atoms with Crippen molar-refractivity contribution in [3.63, 3.8) is 0 Å². The van der Waals surface area contributed by atoms with E-state index in [1.165, 1.54) is 11.8 Å². The van der Waals surface area contributed by atoms with Crippen LogP contribution in [0.4, 0.5) is 10.5 Å². The number of carbonyl (C=O) groups is 3. The molecule has 6 nitrogen and oxygen atoms in total. The molecule has 1 heterocycles. The zero-order valence-corrected chi connectivity index (χ0v) is 19.3. The second kappa shape index (κ2) is 9.75. The molecule has 0 spiro atoms. The first-order valence-corrected chi connectivity index (χ1v) is 11.3. The standard InChI is InChI=1S/C23H26ClN3O3S/c1-15(2)12-13-23(3)21(29)27(22(30)26-23)14-20(28)25-18-6-4-5-7-19(18)31-17-10-8-16(24)9-11-17/h4-11,15H,12-14H2,1-3H3,(H,25,28)(H,26,30). The molecule has 2 aromatic carbocycles. The number of halogens is 1. The lowest BCUT2D eigenvalue weighted by molar-refractivity contribution is -0.133. The molecule has 1 fully saturated rings. The van der Waals surface area contributed by atoms with Crippen LogP contribution in [0.1, 0.15) is 33.6 Å². The molecular weight excluding hydrogens is 434 g/mol. The van der Waals surface area contributed by atoms with Gasteiger partial charge in [-0.25, -0.2) is 4.79 Å². The summed E-state index contributed by atoms with van der Waals surface area (Å²) in [4.78, 5) is 40.7. The van der Waals surface area contributed by atoms with Crippen LogP contribution in [-0.2, 0) is 9.59 Å². The molecule has 1 saturated heterocycles. The molecule has 1 aliphatic rings. The summed E-state index contributed by atoms with van der Waals surface area (Å²) in [6.45, 7) is 5.51. The van der Waals surface area contributed by atoms with Gasteiger partial charge in [-0.05, 0) is 62.1 Å². The minimum Gasteiger partial charge on any atom is -0.323 e. The molecule has 8 heteroatoms. The van der Waals surface area contributed by atoms with Crippen LogP contribution < -0.4 is 10.6 Å². The first-order chi connectivity index (χ1) is 14.7. The van der Waals surface area contributed by atoms with Gasteiger partial charge >= 0.3 is 6.03 Å². The Morgan fingerprint density at radius 3 is 2.52 bits per heavy atom. The van der Waals surface area contributed by atoms with Crippen LogP contribution in [0.5, 0.6) is 0 Å². The van der Waals surface area contributed by atoms with Gasteiger partial charge in [-0.2, -0.15) is 0 Å². The number of carbonyl (C=O) groups excluding carboxylic acids is 3.